The Labute approximate surface area is 232 Å². The molecule has 0 aliphatic carbocycles. The number of nitrogens with zero attached hydrogens (tertiary/aromatic N) is 5. The first-order chi connectivity index (χ1) is 18.8. The van der Waals surface area contributed by atoms with E-state index in [1.165, 1.54) is 34.5 Å². The lowest BCUT2D eigenvalue weighted by molar-refractivity contribution is -0.141. The maximum atomic E-state index is 13.5. The van der Waals surface area contributed by atoms with Crippen LogP contribution >= 0.6 is 11.6 Å². The van der Waals surface area contributed by atoms with Gasteiger partial charge in [0, 0.05) is 17.5 Å². The Kier molecular flexibility index (Phi) is 7.02. The predicted molar refractivity (Wildman–Crippen MR) is 142 cm³/mol. The number of aromatic nitrogens is 5. The van der Waals surface area contributed by atoms with Crippen molar-refractivity contribution in [3.05, 3.63) is 107 Å². The number of aryl methyl sites for hydroxylation is 1. The number of aliphatic hydroxyl groups is 1. The first kappa shape index (κ1) is 27.6. The van der Waals surface area contributed by atoms with E-state index < -0.39 is 27.8 Å². The van der Waals surface area contributed by atoms with Crippen molar-refractivity contribution in [1.29, 1.82) is 0 Å². The van der Waals surface area contributed by atoms with Crippen LogP contribution < -0.4 is 0 Å². The fourth-order valence-electron chi connectivity index (χ4n) is 4.27. The minimum absolute atomic E-state index is 0.0697. The molecule has 2 heterocycles. The molecule has 0 radical (unpaired) electrons. The van der Waals surface area contributed by atoms with Gasteiger partial charge in [0.05, 0.1) is 28.2 Å². The van der Waals surface area contributed by atoms with Crippen LogP contribution in [0, 0.1) is 6.92 Å². The average molecular weight is 588 g/mol. The van der Waals surface area contributed by atoms with Crippen LogP contribution in [0.2, 0.25) is 5.02 Å². The number of sulfone groups is 1. The number of benzene rings is 3. The first-order valence-electron chi connectivity index (χ1n) is 11.8. The summed E-state index contributed by atoms with van der Waals surface area (Å²) in [7, 11) is -3.50. The van der Waals surface area contributed by atoms with Crippen molar-refractivity contribution in [1.82, 2.24) is 24.5 Å². The molecule has 0 aliphatic rings. The smallest absolute Gasteiger partial charge is 0.382 e. The van der Waals surface area contributed by atoms with E-state index in [-0.39, 0.29) is 27.8 Å². The van der Waals surface area contributed by atoms with Crippen molar-refractivity contribution in [2.24, 2.45) is 0 Å². The van der Waals surface area contributed by atoms with Gasteiger partial charge in [-0.1, -0.05) is 47.1 Å². The van der Waals surface area contributed by atoms with E-state index in [4.69, 9.17) is 11.6 Å². The molecule has 0 amide bonds. The van der Waals surface area contributed by atoms with Gasteiger partial charge in [0.1, 0.15) is 11.9 Å². The van der Waals surface area contributed by atoms with E-state index in [0.29, 0.717) is 21.7 Å². The number of rotatable bonds is 6. The Morgan fingerprint density at radius 2 is 1.68 bits per heavy atom. The normalized spacial score (nSPS) is 13.0. The van der Waals surface area contributed by atoms with Gasteiger partial charge in [-0.05, 0) is 60.0 Å². The van der Waals surface area contributed by atoms with Crippen molar-refractivity contribution >= 4 is 21.4 Å². The molecule has 13 heteroatoms. The summed E-state index contributed by atoms with van der Waals surface area (Å²) in [5.74, 6) is 0.0697. The van der Waals surface area contributed by atoms with Crippen LogP contribution in [0.5, 0.6) is 0 Å². The van der Waals surface area contributed by atoms with Crippen molar-refractivity contribution in [3.8, 4) is 22.5 Å². The molecule has 8 nitrogen and oxygen atoms in total. The van der Waals surface area contributed by atoms with Crippen molar-refractivity contribution in [3.63, 3.8) is 0 Å². The average Bonchev–Trinajstić information content (AvgIpc) is 3.55. The molecule has 5 rings (SSSR count). The molecule has 2 aromatic heterocycles. The zero-order valence-electron chi connectivity index (χ0n) is 21.0. The molecule has 5 aromatic rings. The van der Waals surface area contributed by atoms with Gasteiger partial charge in [-0.25, -0.2) is 18.1 Å². The molecule has 1 N–H and O–H groups in total. The summed E-state index contributed by atoms with van der Waals surface area (Å²) in [4.78, 5) is 3.78. The molecule has 206 valence electrons. The standard InChI is InChI=1S/C27H21ClF3N5O3S/c1-16-33-25(27(29,30)31)15-35(16)22-11-8-19(18-4-3-5-21(12-18)40(2,38)39)13-23(22)36-24(14-32-34-36)26(37)17-6-9-20(28)10-7-17/h3-15,26,37H,1-2H3. The molecule has 3 aromatic carbocycles. The maximum Gasteiger partial charge on any atom is 0.434 e. The minimum atomic E-state index is -4.66. The summed E-state index contributed by atoms with van der Waals surface area (Å²) < 4.78 is 67.3. The fraction of sp³-hybridized carbons (Fsp3) is 0.148. The Morgan fingerprint density at radius 1 is 0.975 bits per heavy atom. The summed E-state index contributed by atoms with van der Waals surface area (Å²) in [5, 5.41) is 19.7. The molecule has 0 spiro atoms. The zero-order chi connectivity index (χ0) is 28.8. The Hall–Kier alpha value is -4.00. The number of halogens is 4. The second-order valence-corrected chi connectivity index (χ2v) is 11.5. The number of alkyl halides is 3. The van der Waals surface area contributed by atoms with Gasteiger partial charge in [0.2, 0.25) is 0 Å². The highest BCUT2D eigenvalue weighted by molar-refractivity contribution is 7.90. The molecule has 0 saturated carbocycles. The number of hydrogen-bond donors (Lipinski definition) is 1. The van der Waals surface area contributed by atoms with Crippen LogP contribution in [-0.4, -0.2) is 44.3 Å². The molecule has 1 atom stereocenters. The fourth-order valence-corrected chi connectivity index (χ4v) is 5.06. The Balaban J connectivity index is 1.72. The van der Waals surface area contributed by atoms with E-state index in [1.54, 1.807) is 54.6 Å². The van der Waals surface area contributed by atoms with Crippen LogP contribution in [0.15, 0.2) is 84.0 Å². The van der Waals surface area contributed by atoms with Gasteiger partial charge in [-0.15, -0.1) is 5.10 Å². The molecular weight excluding hydrogens is 567 g/mol. The Bertz CT molecular complexity index is 1820. The first-order valence-corrected chi connectivity index (χ1v) is 14.0. The minimum Gasteiger partial charge on any atom is -0.382 e. The molecule has 0 bridgehead atoms. The molecule has 40 heavy (non-hydrogen) atoms. The molecule has 1 unspecified atom stereocenters. The quantitative estimate of drug-likeness (QED) is 0.278. The highest BCUT2D eigenvalue weighted by atomic mass is 35.5. The summed E-state index contributed by atoms with van der Waals surface area (Å²) in [6.45, 7) is 1.44. The monoisotopic (exact) mass is 587 g/mol. The van der Waals surface area contributed by atoms with E-state index in [2.05, 4.69) is 15.3 Å². The molecule has 0 saturated heterocycles. The lowest BCUT2D eigenvalue weighted by Crippen LogP contribution is -2.12. The number of aliphatic hydroxyl groups excluding tert-OH is 1. The van der Waals surface area contributed by atoms with Gasteiger partial charge >= 0.3 is 6.18 Å². The van der Waals surface area contributed by atoms with E-state index >= 15 is 0 Å². The van der Waals surface area contributed by atoms with E-state index in [0.717, 1.165) is 12.5 Å². The highest BCUT2D eigenvalue weighted by Crippen LogP contribution is 2.34. The van der Waals surface area contributed by atoms with Gasteiger partial charge in [0.15, 0.2) is 15.5 Å². The second-order valence-electron chi connectivity index (χ2n) is 9.07. The summed E-state index contributed by atoms with van der Waals surface area (Å²) in [6, 6.07) is 17.6. The van der Waals surface area contributed by atoms with Gasteiger partial charge in [-0.3, -0.25) is 0 Å². The zero-order valence-corrected chi connectivity index (χ0v) is 22.6. The van der Waals surface area contributed by atoms with Gasteiger partial charge in [0.25, 0.3) is 0 Å². The third-order valence-corrected chi connectivity index (χ3v) is 7.64. The van der Waals surface area contributed by atoms with Gasteiger partial charge in [-0.2, -0.15) is 13.2 Å². The number of imidazole rings is 1. The summed E-state index contributed by atoms with van der Waals surface area (Å²) >= 11 is 5.98. The highest BCUT2D eigenvalue weighted by Gasteiger charge is 2.35. The third-order valence-electron chi connectivity index (χ3n) is 6.27. The van der Waals surface area contributed by atoms with Crippen molar-refractivity contribution in [2.45, 2.75) is 24.1 Å². The van der Waals surface area contributed by atoms with Crippen LogP contribution in [-0.2, 0) is 16.0 Å². The van der Waals surface area contributed by atoms with Crippen LogP contribution in [0.25, 0.3) is 22.5 Å². The Morgan fingerprint density at radius 3 is 2.33 bits per heavy atom. The largest absolute Gasteiger partial charge is 0.434 e. The lowest BCUT2D eigenvalue weighted by Gasteiger charge is -2.18. The van der Waals surface area contributed by atoms with E-state index in [9.17, 15) is 26.7 Å². The second kappa shape index (κ2) is 10.2. The number of hydrogen-bond acceptors (Lipinski definition) is 6. The third kappa shape index (κ3) is 5.37. The van der Waals surface area contributed by atoms with Crippen LogP contribution in [0.1, 0.15) is 28.9 Å². The summed E-state index contributed by atoms with van der Waals surface area (Å²) in [5.41, 5.74) is 1.31. The predicted octanol–water partition coefficient (Wildman–Crippen LogP) is 5.59. The van der Waals surface area contributed by atoms with Crippen molar-refractivity contribution in [2.75, 3.05) is 6.26 Å². The van der Waals surface area contributed by atoms with E-state index in [1.807, 2.05) is 0 Å². The topological polar surface area (TPSA) is 103 Å². The molecular formula is C27H21ClF3N5O3S. The van der Waals surface area contributed by atoms with Gasteiger partial charge < -0.3 is 9.67 Å². The SMILES string of the molecule is Cc1nc(C(F)(F)F)cn1-c1ccc(-c2cccc(S(C)(=O)=O)c2)cc1-n1nncc1C(O)c1ccc(Cl)cc1. The lowest BCUT2D eigenvalue weighted by atomic mass is 10.0. The molecule has 0 fully saturated rings. The maximum absolute atomic E-state index is 13.5. The van der Waals surface area contributed by atoms with Crippen LogP contribution in [0.3, 0.4) is 0 Å². The molecule has 0 aliphatic heterocycles. The summed E-state index contributed by atoms with van der Waals surface area (Å²) in [6.07, 6.45) is -2.54. The van der Waals surface area contributed by atoms with Crippen molar-refractivity contribution < 1.29 is 26.7 Å². The van der Waals surface area contributed by atoms with Crippen LogP contribution in [0.4, 0.5) is 13.2 Å².